The number of hydrogen-bond acceptors (Lipinski definition) is 2. The van der Waals surface area contributed by atoms with E-state index in [0.717, 1.165) is 0 Å². The summed E-state index contributed by atoms with van der Waals surface area (Å²) >= 11 is 0. The Kier molecular flexibility index (Phi) is 1.40. The molecule has 12 heavy (non-hydrogen) atoms. The quantitative estimate of drug-likeness (QED) is 0.592. The van der Waals surface area contributed by atoms with Crippen LogP contribution in [0.25, 0.3) is 11.0 Å². The summed E-state index contributed by atoms with van der Waals surface area (Å²) in [6.07, 6.45) is 0. The Labute approximate surface area is 66.9 Å². The van der Waals surface area contributed by atoms with Crippen molar-refractivity contribution < 1.29 is 4.39 Å². The molecule has 2 aromatic rings. The van der Waals surface area contributed by atoms with Crippen LogP contribution in [-0.4, -0.2) is 9.97 Å². The number of nitrogens with zero attached hydrogens (tertiary/aromatic N) is 1. The molecule has 0 aliphatic carbocycles. The summed E-state index contributed by atoms with van der Waals surface area (Å²) in [5.74, 6) is -0.547. The van der Waals surface area contributed by atoms with E-state index in [-0.39, 0.29) is 5.56 Å². The maximum absolute atomic E-state index is 12.5. The smallest absolute Gasteiger partial charge is 0.248 e. The molecule has 0 amide bonds. The minimum atomic E-state index is -0.547. The Hall–Kier alpha value is -1.71. The van der Waals surface area contributed by atoms with Crippen LogP contribution in [0.15, 0.2) is 29.1 Å². The third kappa shape index (κ3) is 1.07. The number of halogens is 1. The maximum Gasteiger partial charge on any atom is 0.248 e. The first kappa shape index (κ1) is 6.97. The Morgan fingerprint density at radius 2 is 2.08 bits per heavy atom. The van der Waals surface area contributed by atoms with Crippen molar-refractivity contribution in [1.82, 2.24) is 9.97 Å². The molecule has 0 aliphatic heterocycles. The van der Waals surface area contributed by atoms with Crippen LogP contribution in [0, 0.1) is 5.95 Å². The molecule has 3 nitrogen and oxygen atoms in total. The fraction of sp³-hybridized carbons (Fsp3) is 0. The number of aromatic amines is 1. The van der Waals surface area contributed by atoms with Gasteiger partial charge in [-0.1, -0.05) is 0 Å². The van der Waals surface area contributed by atoms with Crippen LogP contribution in [0.5, 0.6) is 0 Å². The first-order valence-electron chi connectivity index (χ1n) is 3.41. The monoisotopic (exact) mass is 164 g/mol. The molecule has 60 valence electrons. The van der Waals surface area contributed by atoms with Crippen molar-refractivity contribution in [2.24, 2.45) is 0 Å². The van der Waals surface area contributed by atoms with Gasteiger partial charge in [0.25, 0.3) is 0 Å². The van der Waals surface area contributed by atoms with Gasteiger partial charge in [-0.25, -0.2) is 4.98 Å². The van der Waals surface area contributed by atoms with E-state index < -0.39 is 5.95 Å². The van der Waals surface area contributed by atoms with Gasteiger partial charge in [-0.2, -0.15) is 4.39 Å². The predicted molar refractivity (Wildman–Crippen MR) is 42.3 cm³/mol. The molecule has 0 unspecified atom stereocenters. The summed E-state index contributed by atoms with van der Waals surface area (Å²) in [5.41, 5.74) is 0.786. The molecule has 0 fully saturated rings. The average Bonchev–Trinajstić information content (AvgIpc) is 2.05. The lowest BCUT2D eigenvalue weighted by Gasteiger charge is -1.94. The molecule has 0 aromatic carbocycles. The van der Waals surface area contributed by atoms with Gasteiger partial charge in [0.2, 0.25) is 11.5 Å². The van der Waals surface area contributed by atoms with Crippen LogP contribution in [0.4, 0.5) is 4.39 Å². The van der Waals surface area contributed by atoms with Gasteiger partial charge in [0.05, 0.1) is 11.0 Å². The molecule has 0 atom stereocenters. The van der Waals surface area contributed by atoms with Gasteiger partial charge >= 0.3 is 0 Å². The van der Waals surface area contributed by atoms with Crippen LogP contribution in [0.2, 0.25) is 0 Å². The van der Waals surface area contributed by atoms with E-state index in [4.69, 9.17) is 0 Å². The van der Waals surface area contributed by atoms with Crippen LogP contribution >= 0.6 is 0 Å². The third-order valence-corrected chi connectivity index (χ3v) is 1.54. The second-order valence-corrected chi connectivity index (χ2v) is 2.39. The number of pyridine rings is 2. The van der Waals surface area contributed by atoms with Crippen molar-refractivity contribution in [2.75, 3.05) is 0 Å². The zero-order valence-corrected chi connectivity index (χ0v) is 6.04. The Bertz CT molecular complexity index is 478. The Morgan fingerprint density at radius 1 is 1.25 bits per heavy atom. The Balaban J connectivity index is 2.87. The van der Waals surface area contributed by atoms with Crippen LogP contribution in [0.3, 0.4) is 0 Å². The molecule has 2 heterocycles. The summed E-state index contributed by atoms with van der Waals surface area (Å²) in [6.45, 7) is 0. The van der Waals surface area contributed by atoms with E-state index >= 15 is 0 Å². The number of rotatable bonds is 0. The molecule has 0 saturated carbocycles. The molecular weight excluding hydrogens is 159 g/mol. The number of fused-ring (bicyclic) bond motifs is 1. The highest BCUT2D eigenvalue weighted by Crippen LogP contribution is 2.05. The van der Waals surface area contributed by atoms with Gasteiger partial charge in [0.1, 0.15) is 0 Å². The van der Waals surface area contributed by atoms with E-state index in [1.165, 1.54) is 24.3 Å². The number of nitrogens with one attached hydrogen (secondary N) is 1. The van der Waals surface area contributed by atoms with E-state index in [9.17, 15) is 9.18 Å². The van der Waals surface area contributed by atoms with E-state index in [2.05, 4.69) is 9.97 Å². The van der Waals surface area contributed by atoms with Gasteiger partial charge in [0.15, 0.2) is 0 Å². The second-order valence-electron chi connectivity index (χ2n) is 2.39. The highest BCUT2D eigenvalue weighted by atomic mass is 19.1. The summed E-state index contributed by atoms with van der Waals surface area (Å²) in [6, 6.07) is 5.49. The Morgan fingerprint density at radius 3 is 2.92 bits per heavy atom. The number of hydrogen-bond donors (Lipinski definition) is 1. The van der Waals surface area contributed by atoms with Crippen molar-refractivity contribution in [2.45, 2.75) is 0 Å². The summed E-state index contributed by atoms with van der Waals surface area (Å²) in [4.78, 5) is 16.9. The number of aromatic nitrogens is 2. The highest BCUT2D eigenvalue weighted by Gasteiger charge is 1.96. The summed E-state index contributed by atoms with van der Waals surface area (Å²) in [7, 11) is 0. The first-order chi connectivity index (χ1) is 5.75. The molecule has 0 aliphatic rings. The van der Waals surface area contributed by atoms with Crippen LogP contribution in [-0.2, 0) is 0 Å². The van der Waals surface area contributed by atoms with E-state index in [0.29, 0.717) is 11.0 Å². The molecule has 4 heteroatoms. The first-order valence-corrected chi connectivity index (χ1v) is 3.41. The van der Waals surface area contributed by atoms with Crippen LogP contribution < -0.4 is 5.56 Å². The number of H-pyrrole nitrogens is 1. The molecule has 2 rings (SSSR count). The summed E-state index contributed by atoms with van der Waals surface area (Å²) in [5, 5.41) is 0. The standard InChI is InChI=1S/C8H5FN2O/c9-7-3-1-6-5(10-7)2-4-8(12)11-6/h1-4H,(H,11,12). The topological polar surface area (TPSA) is 45.8 Å². The molecule has 1 N–H and O–H groups in total. The molecule has 0 radical (unpaired) electrons. The fourth-order valence-electron chi connectivity index (χ4n) is 1.01. The van der Waals surface area contributed by atoms with Gasteiger partial charge in [-0.05, 0) is 18.2 Å². The largest absolute Gasteiger partial charge is 0.321 e. The van der Waals surface area contributed by atoms with Crippen molar-refractivity contribution >= 4 is 11.0 Å². The predicted octanol–water partition coefficient (Wildman–Crippen LogP) is 1.06. The van der Waals surface area contributed by atoms with Gasteiger partial charge in [-0.15, -0.1) is 0 Å². The minimum Gasteiger partial charge on any atom is -0.321 e. The van der Waals surface area contributed by atoms with Crippen molar-refractivity contribution in [3.8, 4) is 0 Å². The lowest BCUT2D eigenvalue weighted by molar-refractivity contribution is 0.589. The lowest BCUT2D eigenvalue weighted by Crippen LogP contribution is -2.03. The molecule has 2 aromatic heterocycles. The minimum absolute atomic E-state index is 0.212. The zero-order valence-electron chi connectivity index (χ0n) is 6.04. The van der Waals surface area contributed by atoms with Gasteiger partial charge in [0, 0.05) is 6.07 Å². The molecule has 0 spiro atoms. The second kappa shape index (κ2) is 2.41. The zero-order chi connectivity index (χ0) is 8.55. The van der Waals surface area contributed by atoms with Gasteiger partial charge in [-0.3, -0.25) is 4.79 Å². The van der Waals surface area contributed by atoms with E-state index in [1.807, 2.05) is 0 Å². The highest BCUT2D eigenvalue weighted by molar-refractivity contribution is 5.72. The maximum atomic E-state index is 12.5. The lowest BCUT2D eigenvalue weighted by atomic mass is 10.3. The SMILES string of the molecule is O=c1ccc2nc(F)ccc2[nH]1. The van der Waals surface area contributed by atoms with Crippen molar-refractivity contribution in [3.63, 3.8) is 0 Å². The van der Waals surface area contributed by atoms with E-state index in [1.54, 1.807) is 0 Å². The molecular formula is C8H5FN2O. The summed E-state index contributed by atoms with van der Waals surface area (Å²) < 4.78 is 12.5. The third-order valence-electron chi connectivity index (χ3n) is 1.54. The molecule has 0 bridgehead atoms. The van der Waals surface area contributed by atoms with Gasteiger partial charge < -0.3 is 4.98 Å². The average molecular weight is 164 g/mol. The van der Waals surface area contributed by atoms with Crippen molar-refractivity contribution in [3.05, 3.63) is 40.6 Å². The molecule has 0 saturated heterocycles. The fourth-order valence-corrected chi connectivity index (χ4v) is 1.01. The normalized spacial score (nSPS) is 10.4. The van der Waals surface area contributed by atoms with Crippen LogP contribution in [0.1, 0.15) is 0 Å². The van der Waals surface area contributed by atoms with Crippen molar-refractivity contribution in [1.29, 1.82) is 0 Å².